The first-order chi connectivity index (χ1) is 14.9. The zero-order valence-corrected chi connectivity index (χ0v) is 19.1. The Labute approximate surface area is 188 Å². The molecule has 1 aromatic rings. The van der Waals surface area contributed by atoms with Crippen LogP contribution in [0.25, 0.3) is 0 Å². The van der Waals surface area contributed by atoms with Crippen molar-refractivity contribution in [1.82, 2.24) is 0 Å². The number of hydrogen-bond acceptors (Lipinski definition) is 8. The molecule has 4 atom stereocenters. The number of esters is 1. The van der Waals surface area contributed by atoms with Gasteiger partial charge in [-0.25, -0.2) is 0 Å². The van der Waals surface area contributed by atoms with Crippen molar-refractivity contribution in [2.75, 3.05) is 26.6 Å². The molecule has 0 aliphatic heterocycles. The number of aliphatic hydroxyl groups is 2. The van der Waals surface area contributed by atoms with Gasteiger partial charge in [0.05, 0.1) is 26.4 Å². The number of unbranched alkanes of at least 4 members (excludes halogenated alkanes) is 3. The van der Waals surface area contributed by atoms with Gasteiger partial charge in [-0.3, -0.25) is 9.59 Å². The van der Waals surface area contributed by atoms with Crippen LogP contribution in [0.4, 0.5) is 0 Å². The lowest BCUT2D eigenvalue weighted by Gasteiger charge is -2.22. The number of thioether (sulfide) groups is 1. The minimum Gasteiger partial charge on any atom is -0.497 e. The highest BCUT2D eigenvalue weighted by Gasteiger charge is 2.41. The number of methoxy groups -OCH3 is 2. The van der Waals surface area contributed by atoms with Gasteiger partial charge >= 0.3 is 5.97 Å². The predicted molar refractivity (Wildman–Crippen MR) is 120 cm³/mol. The molecule has 1 aliphatic carbocycles. The molecule has 0 radical (unpaired) electrons. The van der Waals surface area contributed by atoms with Crippen molar-refractivity contribution >= 4 is 23.5 Å². The van der Waals surface area contributed by atoms with Crippen molar-refractivity contribution in [3.8, 4) is 11.5 Å². The van der Waals surface area contributed by atoms with Crippen LogP contribution in [0.5, 0.6) is 11.5 Å². The Morgan fingerprint density at radius 2 is 1.81 bits per heavy atom. The van der Waals surface area contributed by atoms with E-state index in [1.54, 1.807) is 31.4 Å². The SMILES string of the molecule is COC(=O)CCCCCCC1C(=O)CC(O)C1SCC(O)COc1ccc(OC)cc1. The van der Waals surface area contributed by atoms with Gasteiger partial charge in [0.2, 0.25) is 0 Å². The first-order valence-electron chi connectivity index (χ1n) is 10.8. The summed E-state index contributed by atoms with van der Waals surface area (Å²) in [7, 11) is 2.98. The van der Waals surface area contributed by atoms with Crippen LogP contribution in [0.15, 0.2) is 24.3 Å². The van der Waals surface area contributed by atoms with E-state index in [4.69, 9.17) is 9.47 Å². The summed E-state index contributed by atoms with van der Waals surface area (Å²) < 4.78 is 15.3. The fraction of sp³-hybridized carbons (Fsp3) is 0.652. The van der Waals surface area contributed by atoms with Gasteiger partial charge in [0, 0.05) is 29.8 Å². The molecule has 1 aliphatic rings. The molecule has 7 nitrogen and oxygen atoms in total. The van der Waals surface area contributed by atoms with E-state index in [2.05, 4.69) is 4.74 Å². The van der Waals surface area contributed by atoms with E-state index in [0.29, 0.717) is 17.9 Å². The van der Waals surface area contributed by atoms with Crippen molar-refractivity contribution in [1.29, 1.82) is 0 Å². The highest BCUT2D eigenvalue weighted by atomic mass is 32.2. The molecule has 31 heavy (non-hydrogen) atoms. The van der Waals surface area contributed by atoms with Crippen LogP contribution in [0.2, 0.25) is 0 Å². The zero-order chi connectivity index (χ0) is 22.6. The molecule has 0 saturated heterocycles. The molecule has 0 aromatic heterocycles. The minimum absolute atomic E-state index is 0.100. The number of ether oxygens (including phenoxy) is 3. The minimum atomic E-state index is -0.700. The quantitative estimate of drug-likeness (QED) is 0.327. The largest absolute Gasteiger partial charge is 0.497 e. The molecule has 0 bridgehead atoms. The molecule has 4 unspecified atom stereocenters. The number of hydrogen-bond donors (Lipinski definition) is 2. The van der Waals surface area contributed by atoms with Gasteiger partial charge in [0.1, 0.15) is 23.9 Å². The number of Topliss-reactive ketones (excluding diaryl/α,β-unsaturated/α-hetero) is 1. The number of carbonyl (C=O) groups excluding carboxylic acids is 2. The molecule has 174 valence electrons. The second-order valence-corrected chi connectivity index (χ2v) is 9.02. The van der Waals surface area contributed by atoms with Gasteiger partial charge < -0.3 is 24.4 Å². The number of carbonyl (C=O) groups is 2. The van der Waals surface area contributed by atoms with Crippen LogP contribution in [0.1, 0.15) is 44.9 Å². The Bertz CT molecular complexity index is 679. The van der Waals surface area contributed by atoms with Gasteiger partial charge in [-0.15, -0.1) is 0 Å². The summed E-state index contributed by atoms with van der Waals surface area (Å²) in [5.41, 5.74) is 0. The lowest BCUT2D eigenvalue weighted by atomic mass is 9.98. The van der Waals surface area contributed by atoms with Crippen molar-refractivity contribution in [2.24, 2.45) is 5.92 Å². The van der Waals surface area contributed by atoms with Gasteiger partial charge in [-0.2, -0.15) is 11.8 Å². The molecule has 2 N–H and O–H groups in total. The summed E-state index contributed by atoms with van der Waals surface area (Å²) in [6, 6.07) is 7.13. The van der Waals surface area contributed by atoms with E-state index < -0.39 is 12.2 Å². The monoisotopic (exact) mass is 454 g/mol. The Kier molecular flexibility index (Phi) is 11.2. The number of ketones is 1. The molecule has 1 saturated carbocycles. The molecular weight excluding hydrogens is 420 g/mol. The lowest BCUT2D eigenvalue weighted by molar-refractivity contribution is -0.140. The molecule has 2 rings (SSSR count). The highest BCUT2D eigenvalue weighted by Crippen LogP contribution is 2.36. The molecular formula is C23H34O7S. The van der Waals surface area contributed by atoms with E-state index in [1.807, 2.05) is 0 Å². The van der Waals surface area contributed by atoms with Crippen LogP contribution in [0.3, 0.4) is 0 Å². The molecule has 0 heterocycles. The van der Waals surface area contributed by atoms with Crippen molar-refractivity contribution in [2.45, 2.75) is 62.4 Å². The average molecular weight is 455 g/mol. The molecule has 0 spiro atoms. The summed E-state index contributed by atoms with van der Waals surface area (Å²) >= 11 is 1.45. The van der Waals surface area contributed by atoms with Gasteiger partial charge in [-0.05, 0) is 37.1 Å². The maximum atomic E-state index is 12.3. The number of benzene rings is 1. The first-order valence-corrected chi connectivity index (χ1v) is 11.8. The average Bonchev–Trinajstić information content (AvgIpc) is 3.05. The summed E-state index contributed by atoms with van der Waals surface area (Å²) in [5.74, 6) is 1.49. The Morgan fingerprint density at radius 3 is 2.48 bits per heavy atom. The van der Waals surface area contributed by atoms with E-state index in [0.717, 1.165) is 37.9 Å². The first kappa shape index (κ1) is 25.5. The van der Waals surface area contributed by atoms with Crippen LogP contribution in [-0.4, -0.2) is 66.0 Å². The summed E-state index contributed by atoms with van der Waals surface area (Å²) in [6.45, 7) is 0.140. The second-order valence-electron chi connectivity index (χ2n) is 7.81. The van der Waals surface area contributed by atoms with Gasteiger partial charge in [-0.1, -0.05) is 19.3 Å². The van der Waals surface area contributed by atoms with Crippen molar-refractivity contribution in [3.05, 3.63) is 24.3 Å². The van der Waals surface area contributed by atoms with Crippen molar-refractivity contribution < 1.29 is 34.0 Å². The lowest BCUT2D eigenvalue weighted by Crippen LogP contribution is -2.28. The van der Waals surface area contributed by atoms with Crippen LogP contribution in [0, 0.1) is 5.92 Å². The standard InChI is InChI=1S/C23H34O7S/c1-28-17-9-11-18(12-10-17)30-14-16(24)15-31-23-19(20(25)13-21(23)26)7-5-3-4-6-8-22(27)29-2/h9-12,16,19,21,23-24,26H,3-8,13-15H2,1-2H3. The second kappa shape index (κ2) is 13.6. The third kappa shape index (κ3) is 8.71. The predicted octanol–water partition coefficient (Wildman–Crippen LogP) is 3.00. The van der Waals surface area contributed by atoms with Crippen molar-refractivity contribution in [3.63, 3.8) is 0 Å². The fourth-order valence-electron chi connectivity index (χ4n) is 3.70. The number of rotatable bonds is 14. The van der Waals surface area contributed by atoms with Crippen LogP contribution in [-0.2, 0) is 14.3 Å². The maximum absolute atomic E-state index is 12.3. The molecule has 0 amide bonds. The Balaban J connectivity index is 1.69. The van der Waals surface area contributed by atoms with E-state index in [1.165, 1.54) is 18.9 Å². The Morgan fingerprint density at radius 1 is 1.13 bits per heavy atom. The summed E-state index contributed by atoms with van der Waals surface area (Å²) in [4.78, 5) is 23.4. The molecule has 8 heteroatoms. The van der Waals surface area contributed by atoms with E-state index >= 15 is 0 Å². The topological polar surface area (TPSA) is 102 Å². The number of aliphatic hydroxyl groups excluding tert-OH is 2. The smallest absolute Gasteiger partial charge is 0.305 e. The molecule has 1 aromatic carbocycles. The fourth-order valence-corrected chi connectivity index (χ4v) is 5.08. The Hall–Kier alpha value is -1.77. The normalized spacial score (nSPS) is 21.7. The third-order valence-electron chi connectivity index (χ3n) is 5.46. The maximum Gasteiger partial charge on any atom is 0.305 e. The van der Waals surface area contributed by atoms with Gasteiger partial charge in [0.15, 0.2) is 0 Å². The van der Waals surface area contributed by atoms with Crippen LogP contribution < -0.4 is 9.47 Å². The summed E-state index contributed by atoms with van der Waals surface area (Å²) in [6.07, 6.45) is 3.48. The third-order valence-corrected chi connectivity index (χ3v) is 7.06. The highest BCUT2D eigenvalue weighted by molar-refractivity contribution is 8.00. The molecule has 1 fully saturated rings. The van der Waals surface area contributed by atoms with Gasteiger partial charge in [0.25, 0.3) is 0 Å². The van der Waals surface area contributed by atoms with Crippen LogP contribution >= 0.6 is 11.8 Å². The van der Waals surface area contributed by atoms with E-state index in [-0.39, 0.29) is 35.9 Å². The zero-order valence-electron chi connectivity index (χ0n) is 18.3. The van der Waals surface area contributed by atoms with E-state index in [9.17, 15) is 19.8 Å². The summed E-state index contributed by atoms with van der Waals surface area (Å²) in [5, 5.41) is 20.4.